The first-order chi connectivity index (χ1) is 12.8. The largest absolute Gasteiger partial charge is 0.374 e. The molecule has 0 bridgehead atoms. The molecule has 0 spiro atoms. The van der Waals surface area contributed by atoms with E-state index >= 15 is 0 Å². The first-order valence-electron chi connectivity index (χ1n) is 8.61. The molecule has 0 radical (unpaired) electrons. The van der Waals surface area contributed by atoms with Gasteiger partial charge in [0.2, 0.25) is 0 Å². The molecular formula is C23H19BrN2. The summed E-state index contributed by atoms with van der Waals surface area (Å²) in [5.41, 5.74) is 5.43. The Balaban J connectivity index is 1.75. The van der Waals surface area contributed by atoms with Crippen molar-refractivity contribution in [3.8, 4) is 11.3 Å². The molecule has 26 heavy (non-hydrogen) atoms. The van der Waals surface area contributed by atoms with Crippen molar-refractivity contribution in [2.24, 2.45) is 0 Å². The maximum atomic E-state index is 4.44. The van der Waals surface area contributed by atoms with Crippen LogP contribution in [0, 0.1) is 0 Å². The van der Waals surface area contributed by atoms with Crippen LogP contribution >= 0.6 is 15.9 Å². The number of pyridine rings is 1. The first-order valence-corrected chi connectivity index (χ1v) is 9.73. The molecule has 1 atom stereocenters. The van der Waals surface area contributed by atoms with Crippen molar-refractivity contribution in [2.45, 2.75) is 10.9 Å². The van der Waals surface area contributed by atoms with Gasteiger partial charge in [0.25, 0.3) is 0 Å². The third kappa shape index (κ3) is 3.11. The number of aromatic nitrogens is 1. The van der Waals surface area contributed by atoms with Gasteiger partial charge in [0.15, 0.2) is 0 Å². The molecule has 2 heterocycles. The number of nitrogens with zero attached hydrogens (tertiary/aromatic N) is 1. The van der Waals surface area contributed by atoms with Crippen molar-refractivity contribution >= 4 is 15.9 Å². The van der Waals surface area contributed by atoms with Crippen molar-refractivity contribution in [2.75, 3.05) is 0 Å². The molecule has 3 aromatic rings. The highest BCUT2D eigenvalue weighted by molar-refractivity contribution is 9.08. The van der Waals surface area contributed by atoms with Crippen LogP contribution in [-0.4, -0.2) is 4.98 Å². The van der Waals surface area contributed by atoms with E-state index in [1.165, 1.54) is 16.7 Å². The lowest BCUT2D eigenvalue weighted by molar-refractivity contribution is 0.567. The first kappa shape index (κ1) is 16.8. The highest BCUT2D eigenvalue weighted by Gasteiger charge is 2.31. The number of dihydropyridines is 1. The molecule has 1 unspecified atom stereocenters. The fraction of sp³-hybridized carbons (Fsp3) is 0.0870. The second-order valence-corrected chi connectivity index (χ2v) is 6.85. The second kappa shape index (κ2) is 7.30. The Hall–Kier alpha value is -2.65. The molecule has 0 saturated heterocycles. The monoisotopic (exact) mass is 402 g/mol. The number of nitrogens with one attached hydrogen (secondary N) is 1. The van der Waals surface area contributed by atoms with Gasteiger partial charge in [-0.25, -0.2) is 0 Å². The van der Waals surface area contributed by atoms with Crippen LogP contribution in [0.5, 0.6) is 0 Å². The van der Waals surface area contributed by atoms with Crippen LogP contribution in [0.1, 0.15) is 16.7 Å². The van der Waals surface area contributed by atoms with Gasteiger partial charge in [-0.05, 0) is 41.1 Å². The van der Waals surface area contributed by atoms with Gasteiger partial charge >= 0.3 is 0 Å². The van der Waals surface area contributed by atoms with Crippen molar-refractivity contribution < 1.29 is 0 Å². The van der Waals surface area contributed by atoms with E-state index in [0.29, 0.717) is 0 Å². The van der Waals surface area contributed by atoms with E-state index in [-0.39, 0.29) is 5.54 Å². The summed E-state index contributed by atoms with van der Waals surface area (Å²) >= 11 is 3.52. The number of hydrogen-bond donors (Lipinski definition) is 1. The third-order valence-corrected chi connectivity index (χ3v) is 5.38. The van der Waals surface area contributed by atoms with Crippen LogP contribution < -0.4 is 5.32 Å². The van der Waals surface area contributed by atoms with Gasteiger partial charge < -0.3 is 5.32 Å². The predicted octanol–water partition coefficient (Wildman–Crippen LogP) is 5.56. The summed E-state index contributed by atoms with van der Waals surface area (Å²) in [6.07, 6.45) is 10.2. The van der Waals surface area contributed by atoms with Crippen molar-refractivity contribution in [3.63, 3.8) is 0 Å². The van der Waals surface area contributed by atoms with Gasteiger partial charge in [0.05, 0.1) is 5.69 Å². The van der Waals surface area contributed by atoms with Crippen LogP contribution in [0.15, 0.2) is 97.4 Å². The number of allylic oxidation sites excluding steroid dienone is 2. The summed E-state index contributed by atoms with van der Waals surface area (Å²) in [6, 6.07) is 23.3. The van der Waals surface area contributed by atoms with E-state index in [2.05, 4.69) is 86.9 Å². The minimum absolute atomic E-state index is 0.359. The van der Waals surface area contributed by atoms with Crippen LogP contribution in [0.25, 0.3) is 11.3 Å². The van der Waals surface area contributed by atoms with Gasteiger partial charge in [-0.15, -0.1) is 0 Å². The van der Waals surface area contributed by atoms with Crippen LogP contribution in [0.3, 0.4) is 0 Å². The smallest absolute Gasteiger partial charge is 0.107 e. The van der Waals surface area contributed by atoms with Gasteiger partial charge in [0.1, 0.15) is 5.54 Å². The summed E-state index contributed by atoms with van der Waals surface area (Å²) < 4.78 is 0. The van der Waals surface area contributed by atoms with Crippen LogP contribution in [0.2, 0.25) is 0 Å². The van der Waals surface area contributed by atoms with E-state index in [1.807, 2.05) is 36.7 Å². The fourth-order valence-corrected chi connectivity index (χ4v) is 3.68. The molecule has 0 saturated carbocycles. The highest BCUT2D eigenvalue weighted by atomic mass is 79.9. The van der Waals surface area contributed by atoms with E-state index in [4.69, 9.17) is 0 Å². The minimum Gasteiger partial charge on any atom is -0.374 e. The van der Waals surface area contributed by atoms with Gasteiger partial charge in [-0.1, -0.05) is 82.7 Å². The highest BCUT2D eigenvalue weighted by Crippen LogP contribution is 2.34. The molecule has 0 fully saturated rings. The zero-order valence-electron chi connectivity index (χ0n) is 14.3. The number of hydrogen-bond acceptors (Lipinski definition) is 2. The SMILES string of the molecule is BrCc1ccc(C2(c3ccc(-c4ccccn4)cc3)C=CC=CN2)cc1. The standard InChI is InChI=1S/C23H19BrN2/c24-17-18-6-10-20(11-7-18)23(14-2-4-16-26-23)21-12-8-19(9-13-21)22-5-1-3-15-25-22/h1-16,26H,17H2. The quantitative estimate of drug-likeness (QED) is 0.577. The summed E-state index contributed by atoms with van der Waals surface area (Å²) in [5, 5.41) is 4.43. The Labute approximate surface area is 162 Å². The maximum Gasteiger partial charge on any atom is 0.107 e. The molecule has 1 N–H and O–H groups in total. The number of alkyl halides is 1. The fourth-order valence-electron chi connectivity index (χ4n) is 3.30. The summed E-state index contributed by atoms with van der Waals surface area (Å²) in [4.78, 5) is 4.44. The lowest BCUT2D eigenvalue weighted by Gasteiger charge is -2.34. The molecule has 0 aliphatic carbocycles. The molecule has 1 aliphatic heterocycles. The lowest BCUT2D eigenvalue weighted by Crippen LogP contribution is -2.39. The Morgan fingerprint density at radius 3 is 2.15 bits per heavy atom. The molecule has 2 aromatic carbocycles. The normalized spacial score (nSPS) is 18.5. The molecule has 1 aliphatic rings. The number of halogens is 1. The number of benzene rings is 2. The van der Waals surface area contributed by atoms with E-state index in [1.54, 1.807) is 0 Å². The molecule has 2 nitrogen and oxygen atoms in total. The number of rotatable bonds is 4. The maximum absolute atomic E-state index is 4.44. The van der Waals surface area contributed by atoms with E-state index < -0.39 is 0 Å². The average molecular weight is 403 g/mol. The van der Waals surface area contributed by atoms with Gasteiger partial charge in [0, 0.05) is 17.1 Å². The van der Waals surface area contributed by atoms with Crippen molar-refractivity contribution in [3.05, 3.63) is 114 Å². The summed E-state index contributed by atoms with van der Waals surface area (Å²) in [7, 11) is 0. The molecule has 0 amide bonds. The minimum atomic E-state index is -0.359. The average Bonchev–Trinajstić information content (AvgIpc) is 2.75. The summed E-state index contributed by atoms with van der Waals surface area (Å²) in [6.45, 7) is 0. The van der Waals surface area contributed by atoms with E-state index in [9.17, 15) is 0 Å². The van der Waals surface area contributed by atoms with Gasteiger partial charge in [-0.3, -0.25) is 4.98 Å². The van der Waals surface area contributed by atoms with E-state index in [0.717, 1.165) is 16.6 Å². The predicted molar refractivity (Wildman–Crippen MR) is 111 cm³/mol. The molecule has 128 valence electrons. The second-order valence-electron chi connectivity index (χ2n) is 6.29. The lowest BCUT2D eigenvalue weighted by atomic mass is 9.81. The van der Waals surface area contributed by atoms with Crippen LogP contribution in [-0.2, 0) is 10.9 Å². The Morgan fingerprint density at radius 1 is 0.846 bits per heavy atom. The molecular weight excluding hydrogens is 384 g/mol. The topological polar surface area (TPSA) is 24.9 Å². The Morgan fingerprint density at radius 2 is 1.58 bits per heavy atom. The summed E-state index contributed by atoms with van der Waals surface area (Å²) in [5.74, 6) is 0. The van der Waals surface area contributed by atoms with Gasteiger partial charge in [-0.2, -0.15) is 0 Å². The molecule has 4 rings (SSSR count). The Kier molecular flexibility index (Phi) is 4.72. The van der Waals surface area contributed by atoms with Crippen LogP contribution in [0.4, 0.5) is 0 Å². The Bertz CT molecular complexity index is 928. The van der Waals surface area contributed by atoms with Crippen molar-refractivity contribution in [1.82, 2.24) is 10.3 Å². The molecule has 1 aromatic heterocycles. The zero-order chi connectivity index (χ0) is 17.8. The van der Waals surface area contributed by atoms with Crippen molar-refractivity contribution in [1.29, 1.82) is 0 Å². The molecule has 3 heteroatoms. The zero-order valence-corrected chi connectivity index (χ0v) is 15.9. The third-order valence-electron chi connectivity index (χ3n) is 4.73.